The number of nitrogens with zero attached hydrogens (tertiary/aromatic N) is 1. The van der Waals surface area contributed by atoms with E-state index in [0.717, 1.165) is 0 Å². The Hall–Kier alpha value is -2.63. The highest BCUT2D eigenvalue weighted by molar-refractivity contribution is 5.94. The van der Waals surface area contributed by atoms with Crippen LogP contribution in [0.15, 0.2) is 12.1 Å². The zero-order valence-corrected chi connectivity index (χ0v) is 15.4. The Bertz CT molecular complexity index is 801. The molecule has 0 fully saturated rings. The summed E-state index contributed by atoms with van der Waals surface area (Å²) in [5.74, 6) is -1.06. The number of nitrogens with one attached hydrogen (secondary N) is 1. The van der Waals surface area contributed by atoms with Crippen LogP contribution < -0.4 is 0 Å². The minimum atomic E-state index is -1.22. The largest absolute Gasteiger partial charge is 0.507 e. The molecule has 0 atom stereocenters. The fraction of sp³-hybridized carbons (Fsp3) is 0.421. The van der Waals surface area contributed by atoms with Crippen molar-refractivity contribution in [3.8, 4) is 17.0 Å². The molecule has 0 saturated heterocycles. The Morgan fingerprint density at radius 3 is 1.92 bits per heavy atom. The zero-order chi connectivity index (χ0) is 19.2. The van der Waals surface area contributed by atoms with Gasteiger partial charge in [0.25, 0.3) is 0 Å². The van der Waals surface area contributed by atoms with Gasteiger partial charge >= 0.3 is 5.97 Å². The second kappa shape index (κ2) is 6.02. The lowest BCUT2D eigenvalue weighted by atomic mass is 9.78. The van der Waals surface area contributed by atoms with Gasteiger partial charge in [-0.2, -0.15) is 0 Å². The first-order chi connectivity index (χ1) is 11.4. The van der Waals surface area contributed by atoms with Gasteiger partial charge < -0.3 is 15.2 Å². The zero-order valence-electron chi connectivity index (χ0n) is 15.4. The molecule has 1 aromatic heterocycles. The van der Waals surface area contributed by atoms with Crippen LogP contribution in [-0.4, -0.2) is 32.4 Å². The van der Waals surface area contributed by atoms with Crippen LogP contribution >= 0.6 is 0 Å². The molecule has 25 heavy (non-hydrogen) atoms. The van der Waals surface area contributed by atoms with E-state index in [4.69, 9.17) is 0 Å². The van der Waals surface area contributed by atoms with Crippen LogP contribution in [0.2, 0.25) is 0 Å². The number of phenolic OH excluding ortho intramolecular Hbond substituents is 1. The van der Waals surface area contributed by atoms with Crippen molar-refractivity contribution >= 4 is 12.3 Å². The van der Waals surface area contributed by atoms with Crippen molar-refractivity contribution in [3.05, 3.63) is 34.8 Å². The molecule has 2 aromatic rings. The average molecular weight is 344 g/mol. The number of rotatable bonds is 3. The molecular weight excluding hydrogens is 320 g/mol. The lowest BCUT2D eigenvalue weighted by molar-refractivity contribution is 0.0692. The summed E-state index contributed by atoms with van der Waals surface area (Å²) in [7, 11) is 0. The predicted molar refractivity (Wildman–Crippen MR) is 95.4 cm³/mol. The third kappa shape index (κ3) is 3.57. The van der Waals surface area contributed by atoms with Crippen LogP contribution in [-0.2, 0) is 10.8 Å². The topological polar surface area (TPSA) is 103 Å². The molecule has 1 heterocycles. The van der Waals surface area contributed by atoms with E-state index in [2.05, 4.69) is 9.97 Å². The molecule has 2 rings (SSSR count). The normalized spacial score (nSPS) is 12.2. The second-order valence-electron chi connectivity index (χ2n) is 8.19. The summed E-state index contributed by atoms with van der Waals surface area (Å²) in [4.78, 5) is 29.1. The highest BCUT2D eigenvalue weighted by Crippen LogP contribution is 2.42. The molecule has 0 bridgehead atoms. The van der Waals surface area contributed by atoms with Crippen molar-refractivity contribution in [3.63, 3.8) is 0 Å². The molecule has 1 aromatic carbocycles. The quantitative estimate of drug-likeness (QED) is 0.733. The number of carboxylic acid groups (broad SMARTS) is 1. The van der Waals surface area contributed by atoms with Gasteiger partial charge in [-0.1, -0.05) is 41.5 Å². The number of carboxylic acids is 1. The number of benzene rings is 1. The summed E-state index contributed by atoms with van der Waals surface area (Å²) in [5, 5.41) is 20.2. The minimum absolute atomic E-state index is 0.0462. The number of imidazole rings is 1. The van der Waals surface area contributed by atoms with E-state index in [-0.39, 0.29) is 33.8 Å². The van der Waals surface area contributed by atoms with E-state index in [1.807, 2.05) is 41.5 Å². The maximum absolute atomic E-state index is 11.5. The van der Waals surface area contributed by atoms with Gasteiger partial charge in [0.1, 0.15) is 5.75 Å². The number of aromatic hydroxyl groups is 1. The first-order valence-electron chi connectivity index (χ1n) is 8.03. The van der Waals surface area contributed by atoms with Crippen molar-refractivity contribution in [1.29, 1.82) is 0 Å². The average Bonchev–Trinajstić information content (AvgIpc) is 2.89. The Balaban J connectivity index is 2.86. The predicted octanol–water partition coefficient (Wildman–Crippen LogP) is 3.89. The molecule has 0 radical (unpaired) electrons. The number of aromatic carboxylic acids is 1. The van der Waals surface area contributed by atoms with E-state index in [1.165, 1.54) is 0 Å². The number of aldehydes is 1. The van der Waals surface area contributed by atoms with Gasteiger partial charge in [0.05, 0.1) is 5.69 Å². The standard InChI is InChI=1S/C19H24N2O4/c1-18(2,3)11-7-10(8-12(16(11)23)19(4,5)6)14-15(17(24)25)21-13(9-22)20-14/h7-9,23H,1-6H3,(H,20,21)(H,24,25). The van der Waals surface area contributed by atoms with Gasteiger partial charge in [0.2, 0.25) is 0 Å². The van der Waals surface area contributed by atoms with Gasteiger partial charge in [-0.05, 0) is 23.0 Å². The van der Waals surface area contributed by atoms with E-state index >= 15 is 0 Å². The Kier molecular flexibility index (Phi) is 4.51. The molecular formula is C19H24N2O4. The first-order valence-corrected chi connectivity index (χ1v) is 8.03. The lowest BCUT2D eigenvalue weighted by Crippen LogP contribution is -2.17. The minimum Gasteiger partial charge on any atom is -0.507 e. The third-order valence-corrected chi connectivity index (χ3v) is 4.05. The van der Waals surface area contributed by atoms with Crippen molar-refractivity contribution in [2.24, 2.45) is 0 Å². The van der Waals surface area contributed by atoms with Gasteiger partial charge in [-0.15, -0.1) is 0 Å². The second-order valence-corrected chi connectivity index (χ2v) is 8.19. The summed E-state index contributed by atoms with van der Waals surface area (Å²) >= 11 is 0. The smallest absolute Gasteiger partial charge is 0.356 e. The van der Waals surface area contributed by atoms with E-state index < -0.39 is 5.97 Å². The highest BCUT2D eigenvalue weighted by atomic mass is 16.4. The fourth-order valence-electron chi connectivity index (χ4n) is 2.73. The van der Waals surface area contributed by atoms with Crippen LogP contribution in [0.1, 0.15) is 73.8 Å². The van der Waals surface area contributed by atoms with Crippen LogP contribution in [0.3, 0.4) is 0 Å². The van der Waals surface area contributed by atoms with Gasteiger partial charge in [0, 0.05) is 16.7 Å². The molecule has 0 aliphatic heterocycles. The van der Waals surface area contributed by atoms with Crippen molar-refractivity contribution in [2.45, 2.75) is 52.4 Å². The Morgan fingerprint density at radius 1 is 1.08 bits per heavy atom. The monoisotopic (exact) mass is 344 g/mol. The summed E-state index contributed by atoms with van der Waals surface area (Å²) in [6.45, 7) is 11.8. The van der Waals surface area contributed by atoms with E-state index in [1.54, 1.807) is 12.1 Å². The highest BCUT2D eigenvalue weighted by Gasteiger charge is 2.28. The first kappa shape index (κ1) is 18.7. The Labute approximate surface area is 146 Å². The molecule has 134 valence electrons. The fourth-order valence-corrected chi connectivity index (χ4v) is 2.73. The molecule has 0 unspecified atom stereocenters. The molecule has 0 aliphatic carbocycles. The number of carbonyl (C=O) groups excluding carboxylic acids is 1. The number of hydrogen-bond donors (Lipinski definition) is 3. The van der Waals surface area contributed by atoms with Crippen LogP contribution in [0.25, 0.3) is 11.3 Å². The van der Waals surface area contributed by atoms with Crippen LogP contribution in [0.5, 0.6) is 5.75 Å². The summed E-state index contributed by atoms with van der Waals surface area (Å²) in [5.41, 5.74) is 1.32. The maximum Gasteiger partial charge on any atom is 0.356 e. The Morgan fingerprint density at radius 2 is 1.56 bits per heavy atom. The van der Waals surface area contributed by atoms with Gasteiger partial charge in [-0.3, -0.25) is 4.79 Å². The van der Waals surface area contributed by atoms with Crippen molar-refractivity contribution in [2.75, 3.05) is 0 Å². The van der Waals surface area contributed by atoms with Crippen molar-refractivity contribution < 1.29 is 19.8 Å². The molecule has 3 N–H and O–H groups in total. The molecule has 6 heteroatoms. The van der Waals surface area contributed by atoms with Crippen LogP contribution in [0, 0.1) is 0 Å². The number of H-pyrrole nitrogens is 1. The van der Waals surface area contributed by atoms with Gasteiger partial charge in [0.15, 0.2) is 17.8 Å². The maximum atomic E-state index is 11.5. The number of phenols is 1. The lowest BCUT2D eigenvalue weighted by Gasteiger charge is -2.28. The number of carbonyl (C=O) groups is 2. The number of aromatic nitrogens is 2. The SMILES string of the molecule is CC(C)(C)c1cc(-c2[nH]c(C=O)nc2C(=O)O)cc(C(C)(C)C)c1O. The summed E-state index contributed by atoms with van der Waals surface area (Å²) in [6.07, 6.45) is 0.478. The van der Waals surface area contributed by atoms with Gasteiger partial charge in [-0.25, -0.2) is 9.78 Å². The molecule has 0 saturated carbocycles. The van der Waals surface area contributed by atoms with E-state index in [9.17, 15) is 19.8 Å². The number of hydrogen-bond acceptors (Lipinski definition) is 4. The van der Waals surface area contributed by atoms with E-state index in [0.29, 0.717) is 23.0 Å². The third-order valence-electron chi connectivity index (χ3n) is 4.05. The molecule has 0 spiro atoms. The van der Waals surface area contributed by atoms with Crippen LogP contribution in [0.4, 0.5) is 0 Å². The summed E-state index contributed by atoms with van der Waals surface area (Å²) < 4.78 is 0. The molecule has 0 aliphatic rings. The van der Waals surface area contributed by atoms with Crippen molar-refractivity contribution in [1.82, 2.24) is 9.97 Å². The summed E-state index contributed by atoms with van der Waals surface area (Å²) in [6, 6.07) is 3.50. The number of aromatic amines is 1. The molecule has 0 amide bonds. The molecule has 6 nitrogen and oxygen atoms in total.